The SMILES string of the molecule is NOCCCCCCOc1ccc(Cl)cc1. The van der Waals surface area contributed by atoms with E-state index in [0.29, 0.717) is 6.61 Å². The highest BCUT2D eigenvalue weighted by Crippen LogP contribution is 2.15. The second-order valence-corrected chi connectivity index (χ2v) is 4.02. The van der Waals surface area contributed by atoms with E-state index in [2.05, 4.69) is 4.84 Å². The lowest BCUT2D eigenvalue weighted by atomic mass is 10.2. The maximum Gasteiger partial charge on any atom is 0.119 e. The zero-order valence-corrected chi connectivity index (χ0v) is 10.1. The molecule has 0 aromatic heterocycles. The second-order valence-electron chi connectivity index (χ2n) is 3.59. The number of unbranched alkanes of at least 4 members (excludes halogenated alkanes) is 3. The van der Waals surface area contributed by atoms with E-state index in [1.165, 1.54) is 0 Å². The van der Waals surface area contributed by atoms with Crippen LogP contribution in [0.2, 0.25) is 5.02 Å². The van der Waals surface area contributed by atoms with E-state index < -0.39 is 0 Å². The third-order valence-corrected chi connectivity index (χ3v) is 2.49. The van der Waals surface area contributed by atoms with E-state index in [0.717, 1.165) is 43.1 Å². The van der Waals surface area contributed by atoms with E-state index in [1.807, 2.05) is 24.3 Å². The molecule has 4 heteroatoms. The van der Waals surface area contributed by atoms with Crippen LogP contribution in [0.25, 0.3) is 0 Å². The Bertz CT molecular complexity index is 277. The Labute approximate surface area is 101 Å². The van der Waals surface area contributed by atoms with Crippen molar-refractivity contribution in [2.45, 2.75) is 25.7 Å². The van der Waals surface area contributed by atoms with Gasteiger partial charge in [0.1, 0.15) is 5.75 Å². The van der Waals surface area contributed by atoms with Crippen LogP contribution in [0.5, 0.6) is 5.75 Å². The Hall–Kier alpha value is -0.770. The summed E-state index contributed by atoms with van der Waals surface area (Å²) in [6.45, 7) is 1.38. The van der Waals surface area contributed by atoms with Crippen molar-refractivity contribution in [2.75, 3.05) is 13.2 Å². The van der Waals surface area contributed by atoms with E-state index in [-0.39, 0.29) is 0 Å². The predicted molar refractivity (Wildman–Crippen MR) is 65.6 cm³/mol. The zero-order valence-electron chi connectivity index (χ0n) is 9.32. The molecule has 1 aromatic rings. The maximum absolute atomic E-state index is 5.77. The summed E-state index contributed by atoms with van der Waals surface area (Å²) in [4.78, 5) is 4.49. The van der Waals surface area contributed by atoms with Gasteiger partial charge in [0.05, 0.1) is 13.2 Å². The third kappa shape index (κ3) is 5.95. The molecule has 0 fully saturated rings. The van der Waals surface area contributed by atoms with Crippen molar-refractivity contribution in [3.8, 4) is 5.75 Å². The molecule has 2 N–H and O–H groups in total. The molecule has 0 amide bonds. The molecule has 16 heavy (non-hydrogen) atoms. The minimum atomic E-state index is 0.637. The Balaban J connectivity index is 2.01. The molecular weight excluding hydrogens is 226 g/mol. The van der Waals surface area contributed by atoms with Crippen LogP contribution in [-0.2, 0) is 4.84 Å². The number of nitrogens with two attached hydrogens (primary N) is 1. The number of rotatable bonds is 8. The minimum Gasteiger partial charge on any atom is -0.494 e. The maximum atomic E-state index is 5.77. The second kappa shape index (κ2) is 8.39. The molecule has 0 atom stereocenters. The molecular formula is C12H18ClNO2. The predicted octanol–water partition coefficient (Wildman–Crippen LogP) is 3.17. The van der Waals surface area contributed by atoms with Crippen LogP contribution < -0.4 is 10.6 Å². The summed E-state index contributed by atoms with van der Waals surface area (Å²) < 4.78 is 5.55. The summed E-state index contributed by atoms with van der Waals surface area (Å²) in [5.74, 6) is 5.79. The molecule has 3 nitrogen and oxygen atoms in total. The normalized spacial score (nSPS) is 10.4. The van der Waals surface area contributed by atoms with E-state index >= 15 is 0 Å². The molecule has 0 radical (unpaired) electrons. The highest BCUT2D eigenvalue weighted by atomic mass is 35.5. The molecule has 0 aliphatic rings. The van der Waals surface area contributed by atoms with Gasteiger partial charge in [-0.15, -0.1) is 0 Å². The van der Waals surface area contributed by atoms with Gasteiger partial charge in [-0.05, 0) is 43.5 Å². The molecule has 0 aliphatic carbocycles. The Morgan fingerprint density at radius 3 is 2.19 bits per heavy atom. The lowest BCUT2D eigenvalue weighted by Gasteiger charge is -2.05. The lowest BCUT2D eigenvalue weighted by Crippen LogP contribution is -2.01. The fraction of sp³-hybridized carbons (Fsp3) is 0.500. The van der Waals surface area contributed by atoms with Gasteiger partial charge in [0.25, 0.3) is 0 Å². The quantitative estimate of drug-likeness (QED) is 0.563. The third-order valence-electron chi connectivity index (χ3n) is 2.24. The molecule has 0 unspecified atom stereocenters. The van der Waals surface area contributed by atoms with Gasteiger partial charge in [-0.25, -0.2) is 5.90 Å². The van der Waals surface area contributed by atoms with Crippen molar-refractivity contribution in [3.63, 3.8) is 0 Å². The average Bonchev–Trinajstić information content (AvgIpc) is 2.30. The lowest BCUT2D eigenvalue weighted by molar-refractivity contribution is 0.133. The van der Waals surface area contributed by atoms with Crippen LogP contribution in [0, 0.1) is 0 Å². The molecule has 90 valence electrons. The van der Waals surface area contributed by atoms with Gasteiger partial charge >= 0.3 is 0 Å². The molecule has 0 heterocycles. The molecule has 0 saturated heterocycles. The van der Waals surface area contributed by atoms with E-state index in [9.17, 15) is 0 Å². The van der Waals surface area contributed by atoms with Crippen molar-refractivity contribution in [1.82, 2.24) is 0 Å². The molecule has 0 saturated carbocycles. The van der Waals surface area contributed by atoms with Crippen LogP contribution in [0.4, 0.5) is 0 Å². The summed E-state index contributed by atoms with van der Waals surface area (Å²) in [5, 5.41) is 0.731. The average molecular weight is 244 g/mol. The fourth-order valence-corrected chi connectivity index (χ4v) is 1.49. The molecule has 1 aromatic carbocycles. The largest absolute Gasteiger partial charge is 0.494 e. The van der Waals surface area contributed by atoms with Crippen LogP contribution in [0.1, 0.15) is 25.7 Å². The van der Waals surface area contributed by atoms with Crippen molar-refractivity contribution in [1.29, 1.82) is 0 Å². The van der Waals surface area contributed by atoms with Gasteiger partial charge in [-0.1, -0.05) is 18.0 Å². The Morgan fingerprint density at radius 2 is 1.56 bits per heavy atom. The summed E-state index contributed by atoms with van der Waals surface area (Å²) in [5.41, 5.74) is 0. The highest BCUT2D eigenvalue weighted by Gasteiger charge is 1.94. The molecule has 0 aliphatic heterocycles. The molecule has 1 rings (SSSR count). The summed E-state index contributed by atoms with van der Waals surface area (Å²) in [7, 11) is 0. The molecule has 0 bridgehead atoms. The van der Waals surface area contributed by atoms with Gasteiger partial charge in [0, 0.05) is 5.02 Å². The monoisotopic (exact) mass is 243 g/mol. The Kier molecular flexibility index (Phi) is 6.97. The number of ether oxygens (including phenoxy) is 1. The van der Waals surface area contributed by atoms with Gasteiger partial charge in [0.2, 0.25) is 0 Å². The van der Waals surface area contributed by atoms with Crippen LogP contribution in [0.15, 0.2) is 24.3 Å². The van der Waals surface area contributed by atoms with Crippen molar-refractivity contribution >= 4 is 11.6 Å². The summed E-state index contributed by atoms with van der Waals surface area (Å²) in [6, 6.07) is 7.42. The van der Waals surface area contributed by atoms with Gasteiger partial charge in [-0.2, -0.15) is 0 Å². The summed E-state index contributed by atoms with van der Waals surface area (Å²) >= 11 is 5.77. The van der Waals surface area contributed by atoms with E-state index in [1.54, 1.807) is 0 Å². The van der Waals surface area contributed by atoms with Crippen molar-refractivity contribution in [3.05, 3.63) is 29.3 Å². The molecule has 0 spiro atoms. The first-order valence-corrected chi connectivity index (χ1v) is 5.91. The number of halogens is 1. The van der Waals surface area contributed by atoms with Crippen LogP contribution in [0.3, 0.4) is 0 Å². The van der Waals surface area contributed by atoms with Crippen LogP contribution >= 0.6 is 11.6 Å². The Morgan fingerprint density at radius 1 is 0.938 bits per heavy atom. The van der Waals surface area contributed by atoms with E-state index in [4.69, 9.17) is 22.2 Å². The zero-order chi connectivity index (χ0) is 11.6. The first-order valence-electron chi connectivity index (χ1n) is 5.53. The van der Waals surface area contributed by atoms with Crippen molar-refractivity contribution in [2.24, 2.45) is 5.90 Å². The number of hydrogen-bond acceptors (Lipinski definition) is 3. The number of benzene rings is 1. The van der Waals surface area contributed by atoms with Gasteiger partial charge in [0.15, 0.2) is 0 Å². The fourth-order valence-electron chi connectivity index (χ4n) is 1.36. The first-order chi connectivity index (χ1) is 7.83. The van der Waals surface area contributed by atoms with Gasteiger partial charge < -0.3 is 9.57 Å². The van der Waals surface area contributed by atoms with Gasteiger partial charge in [-0.3, -0.25) is 0 Å². The standard InChI is InChI=1S/C12H18ClNO2/c13-11-5-7-12(8-6-11)15-9-3-1-2-4-10-16-14/h5-8H,1-4,9-10,14H2. The number of hydrogen-bond donors (Lipinski definition) is 1. The van der Waals surface area contributed by atoms with Crippen molar-refractivity contribution < 1.29 is 9.57 Å². The minimum absolute atomic E-state index is 0.637. The first kappa shape index (κ1) is 13.3. The summed E-state index contributed by atoms with van der Waals surface area (Å²) in [6.07, 6.45) is 4.32. The smallest absolute Gasteiger partial charge is 0.119 e. The topological polar surface area (TPSA) is 44.5 Å². The highest BCUT2D eigenvalue weighted by molar-refractivity contribution is 6.30. The van der Waals surface area contributed by atoms with Crippen LogP contribution in [-0.4, -0.2) is 13.2 Å².